The Labute approximate surface area is 153 Å². The van der Waals surface area contributed by atoms with Gasteiger partial charge in [0.25, 0.3) is 0 Å². The van der Waals surface area contributed by atoms with E-state index >= 15 is 0 Å². The molecule has 1 aromatic carbocycles. The first kappa shape index (κ1) is 16.4. The SMILES string of the molecule is Nc1ncnc2c1ncn2CCCC1(c2ccc(Br)cc2)OCCO1. The third-order valence-electron chi connectivity index (χ3n) is 4.37. The highest BCUT2D eigenvalue weighted by atomic mass is 79.9. The molecule has 1 fully saturated rings. The van der Waals surface area contributed by atoms with Crippen molar-refractivity contribution >= 4 is 32.9 Å². The Morgan fingerprint density at radius 2 is 1.88 bits per heavy atom. The molecule has 0 amide bonds. The number of aromatic nitrogens is 4. The average Bonchev–Trinajstić information content (AvgIpc) is 3.25. The van der Waals surface area contributed by atoms with Crippen molar-refractivity contribution < 1.29 is 9.47 Å². The van der Waals surface area contributed by atoms with Gasteiger partial charge in [-0.3, -0.25) is 0 Å². The molecular weight excluding hydrogens is 386 g/mol. The van der Waals surface area contributed by atoms with Gasteiger partial charge in [0.05, 0.1) is 19.5 Å². The number of hydrogen-bond donors (Lipinski definition) is 1. The van der Waals surface area contributed by atoms with Gasteiger partial charge in [0, 0.05) is 23.0 Å². The highest BCUT2D eigenvalue weighted by molar-refractivity contribution is 9.10. The third-order valence-corrected chi connectivity index (χ3v) is 4.90. The maximum Gasteiger partial charge on any atom is 0.195 e. The largest absolute Gasteiger partial charge is 0.382 e. The average molecular weight is 404 g/mol. The molecule has 0 atom stereocenters. The van der Waals surface area contributed by atoms with Gasteiger partial charge in [0.1, 0.15) is 11.8 Å². The predicted octanol–water partition coefficient (Wildman–Crippen LogP) is 2.85. The Hall–Kier alpha value is -2.03. The molecular formula is C17H18BrN5O2. The van der Waals surface area contributed by atoms with Gasteiger partial charge in [-0.05, 0) is 18.6 Å². The Morgan fingerprint density at radius 3 is 2.64 bits per heavy atom. The van der Waals surface area contributed by atoms with E-state index in [1.54, 1.807) is 6.33 Å². The van der Waals surface area contributed by atoms with Gasteiger partial charge < -0.3 is 19.8 Å². The number of fused-ring (bicyclic) bond motifs is 1. The van der Waals surface area contributed by atoms with Gasteiger partial charge in [-0.2, -0.15) is 0 Å². The molecule has 25 heavy (non-hydrogen) atoms. The van der Waals surface area contributed by atoms with Crippen LogP contribution in [0.5, 0.6) is 0 Å². The summed E-state index contributed by atoms with van der Waals surface area (Å²) in [5.74, 6) is -0.275. The lowest BCUT2D eigenvalue weighted by molar-refractivity contribution is -0.172. The van der Waals surface area contributed by atoms with Crippen LogP contribution in [0.15, 0.2) is 41.4 Å². The topological polar surface area (TPSA) is 88.1 Å². The number of hydrogen-bond acceptors (Lipinski definition) is 6. The number of halogens is 1. The van der Waals surface area contributed by atoms with Gasteiger partial charge in [0.15, 0.2) is 17.3 Å². The molecule has 3 aromatic rings. The van der Waals surface area contributed by atoms with Crippen LogP contribution in [0, 0.1) is 0 Å². The summed E-state index contributed by atoms with van der Waals surface area (Å²) in [7, 11) is 0. The monoisotopic (exact) mass is 403 g/mol. The molecule has 1 aliphatic heterocycles. The third kappa shape index (κ3) is 3.12. The molecule has 0 aliphatic carbocycles. The minimum atomic E-state index is -0.675. The van der Waals surface area contributed by atoms with Crippen molar-refractivity contribution in [2.24, 2.45) is 0 Å². The minimum Gasteiger partial charge on any atom is -0.382 e. The van der Waals surface area contributed by atoms with Gasteiger partial charge in [0.2, 0.25) is 0 Å². The highest BCUT2D eigenvalue weighted by Gasteiger charge is 2.37. The Bertz CT molecular complexity index is 874. The fourth-order valence-electron chi connectivity index (χ4n) is 3.16. The van der Waals surface area contributed by atoms with Gasteiger partial charge in [-0.1, -0.05) is 28.1 Å². The summed E-state index contributed by atoms with van der Waals surface area (Å²) in [6.07, 6.45) is 4.81. The number of nitrogens with zero attached hydrogens (tertiary/aromatic N) is 4. The number of anilines is 1. The van der Waals surface area contributed by atoms with Crippen LogP contribution in [0.1, 0.15) is 18.4 Å². The van der Waals surface area contributed by atoms with Crippen LogP contribution in [-0.4, -0.2) is 32.7 Å². The molecule has 8 heteroatoms. The smallest absolute Gasteiger partial charge is 0.195 e. The van der Waals surface area contributed by atoms with Crippen LogP contribution in [0.2, 0.25) is 0 Å². The fraction of sp³-hybridized carbons (Fsp3) is 0.353. The lowest BCUT2D eigenvalue weighted by atomic mass is 10.0. The molecule has 2 N–H and O–H groups in total. The number of ether oxygens (including phenoxy) is 2. The Balaban J connectivity index is 1.50. The molecule has 130 valence electrons. The van der Waals surface area contributed by atoms with E-state index in [4.69, 9.17) is 15.2 Å². The van der Waals surface area contributed by atoms with Crippen LogP contribution in [0.3, 0.4) is 0 Å². The molecule has 0 radical (unpaired) electrons. The lowest BCUT2D eigenvalue weighted by Crippen LogP contribution is -2.27. The quantitative estimate of drug-likeness (QED) is 0.704. The van der Waals surface area contributed by atoms with E-state index in [-0.39, 0.29) is 0 Å². The van der Waals surface area contributed by atoms with Crippen molar-refractivity contribution in [2.45, 2.75) is 25.2 Å². The van der Waals surface area contributed by atoms with Crippen LogP contribution >= 0.6 is 15.9 Å². The number of nitrogen functional groups attached to an aromatic ring is 1. The van der Waals surface area contributed by atoms with Crippen LogP contribution < -0.4 is 5.73 Å². The minimum absolute atomic E-state index is 0.401. The zero-order valence-electron chi connectivity index (χ0n) is 13.6. The number of imidazole rings is 1. The van der Waals surface area contributed by atoms with Gasteiger partial charge in [-0.25, -0.2) is 15.0 Å². The van der Waals surface area contributed by atoms with Gasteiger partial charge in [-0.15, -0.1) is 0 Å². The van der Waals surface area contributed by atoms with E-state index < -0.39 is 5.79 Å². The summed E-state index contributed by atoms with van der Waals surface area (Å²) in [5.41, 5.74) is 8.26. The van der Waals surface area contributed by atoms with Gasteiger partial charge >= 0.3 is 0 Å². The zero-order valence-corrected chi connectivity index (χ0v) is 15.1. The van der Waals surface area contributed by atoms with E-state index in [0.717, 1.165) is 35.1 Å². The second-order valence-corrected chi connectivity index (χ2v) is 6.85. The molecule has 0 spiro atoms. The maximum atomic E-state index is 5.98. The number of rotatable bonds is 5. The Kier molecular flexibility index (Phi) is 4.41. The molecule has 3 heterocycles. The summed E-state index contributed by atoms with van der Waals surface area (Å²) >= 11 is 3.47. The van der Waals surface area contributed by atoms with Crippen molar-refractivity contribution in [2.75, 3.05) is 18.9 Å². The summed E-state index contributed by atoms with van der Waals surface area (Å²) < 4.78 is 15.0. The van der Waals surface area contributed by atoms with Crippen LogP contribution in [0.4, 0.5) is 5.82 Å². The molecule has 1 aliphatic rings. The standard InChI is InChI=1S/C17H18BrN5O2/c18-13-4-2-12(3-5-13)17(24-8-9-25-17)6-1-7-23-11-22-14-15(19)20-10-21-16(14)23/h2-5,10-11H,1,6-9H2,(H2,19,20,21). The Morgan fingerprint density at radius 1 is 1.12 bits per heavy atom. The summed E-state index contributed by atoms with van der Waals surface area (Å²) in [4.78, 5) is 12.5. The first-order valence-electron chi connectivity index (χ1n) is 8.13. The number of aryl methyl sites for hydroxylation is 1. The summed E-state index contributed by atoms with van der Waals surface area (Å²) in [6.45, 7) is 1.96. The van der Waals surface area contributed by atoms with E-state index in [1.165, 1.54) is 6.33 Å². The molecule has 1 saturated heterocycles. The molecule has 7 nitrogen and oxygen atoms in total. The van der Waals surface area contributed by atoms with E-state index in [2.05, 4.69) is 30.9 Å². The van der Waals surface area contributed by atoms with Crippen LogP contribution in [-0.2, 0) is 21.8 Å². The molecule has 4 rings (SSSR count). The lowest BCUT2D eigenvalue weighted by Gasteiger charge is -2.28. The van der Waals surface area contributed by atoms with Crippen molar-refractivity contribution in [3.05, 3.63) is 47.0 Å². The summed E-state index contributed by atoms with van der Waals surface area (Å²) in [6, 6.07) is 8.09. The normalized spacial score (nSPS) is 16.5. The fourth-order valence-corrected chi connectivity index (χ4v) is 3.42. The zero-order chi connectivity index (χ0) is 17.3. The maximum absolute atomic E-state index is 5.98. The summed E-state index contributed by atoms with van der Waals surface area (Å²) in [5, 5.41) is 0. The second kappa shape index (κ2) is 6.70. The first-order valence-corrected chi connectivity index (χ1v) is 8.92. The molecule has 2 aromatic heterocycles. The number of nitrogens with two attached hydrogens (primary N) is 1. The first-order chi connectivity index (χ1) is 12.2. The second-order valence-electron chi connectivity index (χ2n) is 5.93. The number of benzene rings is 1. The molecule has 0 unspecified atom stereocenters. The van der Waals surface area contributed by atoms with Crippen molar-refractivity contribution in [1.29, 1.82) is 0 Å². The van der Waals surface area contributed by atoms with Crippen molar-refractivity contribution in [3.8, 4) is 0 Å². The highest BCUT2D eigenvalue weighted by Crippen LogP contribution is 2.36. The van der Waals surface area contributed by atoms with E-state index in [1.807, 2.05) is 28.8 Å². The van der Waals surface area contributed by atoms with Crippen molar-refractivity contribution in [1.82, 2.24) is 19.5 Å². The van der Waals surface area contributed by atoms with Crippen LogP contribution in [0.25, 0.3) is 11.2 Å². The predicted molar refractivity (Wildman–Crippen MR) is 96.7 cm³/mol. The van der Waals surface area contributed by atoms with Crippen molar-refractivity contribution in [3.63, 3.8) is 0 Å². The van der Waals surface area contributed by atoms with E-state index in [9.17, 15) is 0 Å². The molecule has 0 saturated carbocycles. The molecule has 0 bridgehead atoms. The van der Waals surface area contributed by atoms with E-state index in [0.29, 0.717) is 24.5 Å².